The van der Waals surface area contributed by atoms with Gasteiger partial charge in [0.25, 0.3) is 0 Å². The largest absolute Gasteiger partial charge is 0.383 e. The van der Waals surface area contributed by atoms with Crippen molar-refractivity contribution in [2.24, 2.45) is 11.7 Å². The van der Waals surface area contributed by atoms with Gasteiger partial charge in [-0.2, -0.15) is 0 Å². The fourth-order valence-electron chi connectivity index (χ4n) is 3.04. The van der Waals surface area contributed by atoms with Crippen molar-refractivity contribution in [2.75, 3.05) is 18.4 Å². The Hall–Kier alpha value is -1.75. The number of nitrogens with zero attached hydrogens (tertiary/aromatic N) is 1. The van der Waals surface area contributed by atoms with Crippen LogP contribution in [0.15, 0.2) is 24.3 Å². The van der Waals surface area contributed by atoms with E-state index in [1.807, 2.05) is 12.1 Å². The summed E-state index contributed by atoms with van der Waals surface area (Å²) in [6, 6.07) is 6.56. The summed E-state index contributed by atoms with van der Waals surface area (Å²) in [7, 11) is 0. The second kappa shape index (κ2) is 9.52. The second-order valence-electron chi connectivity index (χ2n) is 6.21. The van der Waals surface area contributed by atoms with Crippen LogP contribution in [0.3, 0.4) is 0 Å². The van der Waals surface area contributed by atoms with E-state index >= 15 is 0 Å². The molecule has 0 spiro atoms. The number of primary amides is 1. The molecular formula is C18H25ClN3O2. The average Bonchev–Trinajstić information content (AvgIpc) is 2.57. The normalized spacial score (nSPS) is 15.0. The summed E-state index contributed by atoms with van der Waals surface area (Å²) in [6.07, 6.45) is 8.41. The van der Waals surface area contributed by atoms with Gasteiger partial charge in [-0.25, -0.2) is 4.79 Å². The van der Waals surface area contributed by atoms with E-state index in [2.05, 4.69) is 5.32 Å². The van der Waals surface area contributed by atoms with Gasteiger partial charge in [-0.05, 0) is 30.5 Å². The molecule has 0 saturated heterocycles. The molecule has 3 amide bonds. The van der Waals surface area contributed by atoms with E-state index in [1.165, 1.54) is 19.3 Å². The minimum Gasteiger partial charge on any atom is -0.383 e. The number of halogens is 1. The van der Waals surface area contributed by atoms with Gasteiger partial charge in [-0.3, -0.25) is 9.69 Å². The number of amides is 3. The van der Waals surface area contributed by atoms with Gasteiger partial charge < -0.3 is 11.1 Å². The number of anilines is 1. The number of nitrogens with two attached hydrogens (primary N) is 1. The first kappa shape index (κ1) is 18.6. The molecular weight excluding hydrogens is 326 g/mol. The third-order valence-electron chi connectivity index (χ3n) is 4.37. The first-order chi connectivity index (χ1) is 11.6. The monoisotopic (exact) mass is 350 g/mol. The lowest BCUT2D eigenvalue weighted by molar-refractivity contribution is -0.124. The quantitative estimate of drug-likeness (QED) is 0.784. The maximum absolute atomic E-state index is 12.2. The summed E-state index contributed by atoms with van der Waals surface area (Å²) >= 11 is 5.92. The topological polar surface area (TPSA) is 75.4 Å². The van der Waals surface area contributed by atoms with Gasteiger partial charge in [-0.1, -0.05) is 49.8 Å². The number of hydrogen-bond acceptors (Lipinski definition) is 3. The zero-order chi connectivity index (χ0) is 17.4. The average molecular weight is 351 g/mol. The summed E-state index contributed by atoms with van der Waals surface area (Å²) in [5.41, 5.74) is 6.19. The molecule has 0 atom stereocenters. The Morgan fingerprint density at radius 1 is 1.29 bits per heavy atom. The van der Waals surface area contributed by atoms with E-state index in [9.17, 15) is 9.59 Å². The number of imide groups is 1. The van der Waals surface area contributed by atoms with Gasteiger partial charge in [0.2, 0.25) is 5.91 Å². The molecule has 1 saturated carbocycles. The molecule has 1 aromatic carbocycles. The molecule has 6 heteroatoms. The van der Waals surface area contributed by atoms with Crippen LogP contribution in [-0.4, -0.2) is 29.9 Å². The Bertz CT molecular complexity index is 559. The van der Waals surface area contributed by atoms with Gasteiger partial charge in [0.05, 0.1) is 6.42 Å². The van der Waals surface area contributed by atoms with Crippen molar-refractivity contribution in [1.82, 2.24) is 4.90 Å². The molecule has 3 N–H and O–H groups in total. The highest BCUT2D eigenvalue weighted by atomic mass is 35.5. The number of urea groups is 1. The molecule has 5 nitrogen and oxygen atoms in total. The fraction of sp³-hybridized carbons (Fsp3) is 0.500. The summed E-state index contributed by atoms with van der Waals surface area (Å²) in [6.45, 7) is 0.647. The molecule has 0 heterocycles. The minimum absolute atomic E-state index is 0.224. The number of rotatable bonds is 7. The standard InChI is InChI=1S/C18H25ClN3O2/c19-15-7-4-8-16(13-15)21-11-12-22(18(20)24)17(23)10-9-14-5-2-1-3-6-14/h4,7-8,10,13-14,21H,1-3,5-6,9,11-12H2,(H2,20,24). The summed E-state index contributed by atoms with van der Waals surface area (Å²) in [4.78, 5) is 24.9. The maximum atomic E-state index is 12.2. The van der Waals surface area contributed by atoms with E-state index in [0.29, 0.717) is 17.5 Å². The van der Waals surface area contributed by atoms with Crippen LogP contribution in [-0.2, 0) is 4.79 Å². The van der Waals surface area contributed by atoms with Crippen LogP contribution in [0.5, 0.6) is 0 Å². The van der Waals surface area contributed by atoms with Gasteiger partial charge in [0, 0.05) is 23.8 Å². The summed E-state index contributed by atoms with van der Waals surface area (Å²) < 4.78 is 0. The highest BCUT2D eigenvalue weighted by molar-refractivity contribution is 6.30. The molecule has 1 fully saturated rings. The Labute approximate surface area is 148 Å². The number of nitrogens with one attached hydrogen (secondary N) is 1. The van der Waals surface area contributed by atoms with E-state index < -0.39 is 6.03 Å². The minimum atomic E-state index is -0.715. The lowest BCUT2D eigenvalue weighted by Crippen LogP contribution is -2.43. The zero-order valence-corrected chi connectivity index (χ0v) is 14.6. The summed E-state index contributed by atoms with van der Waals surface area (Å²) in [5.74, 6) is 0.253. The lowest BCUT2D eigenvalue weighted by Gasteiger charge is -2.23. The van der Waals surface area contributed by atoms with Gasteiger partial charge in [-0.15, -0.1) is 0 Å². The number of carbonyl (C=O) groups is 2. The van der Waals surface area contributed by atoms with Gasteiger partial charge >= 0.3 is 6.03 Å². The lowest BCUT2D eigenvalue weighted by atomic mass is 9.86. The second-order valence-corrected chi connectivity index (χ2v) is 6.65. The van der Waals surface area contributed by atoms with Crippen molar-refractivity contribution in [2.45, 2.75) is 38.5 Å². The number of hydrogen-bond donors (Lipinski definition) is 2. The first-order valence-electron chi connectivity index (χ1n) is 8.50. The van der Waals surface area contributed by atoms with E-state index in [1.54, 1.807) is 18.6 Å². The molecule has 24 heavy (non-hydrogen) atoms. The summed E-state index contributed by atoms with van der Waals surface area (Å²) in [5, 5.41) is 3.76. The Kier molecular flexibility index (Phi) is 7.37. The SMILES string of the molecule is NC(=O)N(CCNc1cccc(Cl)c1)C(=O)[CH]CC1CCCCC1. The highest BCUT2D eigenvalue weighted by Gasteiger charge is 2.21. The van der Waals surface area contributed by atoms with E-state index in [-0.39, 0.29) is 12.5 Å². The van der Waals surface area contributed by atoms with Gasteiger partial charge in [0.15, 0.2) is 0 Å². The molecule has 0 aromatic heterocycles. The highest BCUT2D eigenvalue weighted by Crippen LogP contribution is 2.27. The zero-order valence-electron chi connectivity index (χ0n) is 13.8. The number of carbonyl (C=O) groups excluding carboxylic acids is 2. The van der Waals surface area contributed by atoms with Gasteiger partial charge in [0.1, 0.15) is 0 Å². The molecule has 2 rings (SSSR count). The predicted molar refractivity (Wildman–Crippen MR) is 96.7 cm³/mol. The molecule has 0 aliphatic heterocycles. The molecule has 1 aliphatic rings. The molecule has 1 aliphatic carbocycles. The first-order valence-corrected chi connectivity index (χ1v) is 8.87. The van der Waals surface area contributed by atoms with E-state index in [4.69, 9.17) is 17.3 Å². The van der Waals surface area contributed by atoms with Crippen molar-refractivity contribution in [3.63, 3.8) is 0 Å². The Morgan fingerprint density at radius 2 is 2.04 bits per heavy atom. The maximum Gasteiger partial charge on any atom is 0.321 e. The van der Waals surface area contributed by atoms with Crippen LogP contribution in [0.1, 0.15) is 38.5 Å². The van der Waals surface area contributed by atoms with Crippen LogP contribution in [0.4, 0.5) is 10.5 Å². The number of benzene rings is 1. The third-order valence-corrected chi connectivity index (χ3v) is 4.61. The molecule has 1 radical (unpaired) electrons. The smallest absolute Gasteiger partial charge is 0.321 e. The van der Waals surface area contributed by atoms with Crippen molar-refractivity contribution >= 4 is 29.2 Å². The predicted octanol–water partition coefficient (Wildman–Crippen LogP) is 3.83. The van der Waals surface area contributed by atoms with Crippen LogP contribution < -0.4 is 11.1 Å². The molecule has 131 valence electrons. The van der Waals surface area contributed by atoms with Crippen molar-refractivity contribution in [3.05, 3.63) is 35.7 Å². The Balaban J connectivity index is 1.77. The van der Waals surface area contributed by atoms with Crippen LogP contribution in [0, 0.1) is 12.3 Å². The molecule has 0 bridgehead atoms. The van der Waals surface area contributed by atoms with Crippen LogP contribution >= 0.6 is 11.6 Å². The fourth-order valence-corrected chi connectivity index (χ4v) is 3.23. The van der Waals surface area contributed by atoms with Crippen LogP contribution in [0.25, 0.3) is 0 Å². The van der Waals surface area contributed by atoms with E-state index in [0.717, 1.165) is 29.8 Å². The van der Waals surface area contributed by atoms with Crippen molar-refractivity contribution < 1.29 is 9.59 Å². The van der Waals surface area contributed by atoms with Crippen molar-refractivity contribution in [1.29, 1.82) is 0 Å². The third kappa shape index (κ3) is 6.04. The van der Waals surface area contributed by atoms with Crippen molar-refractivity contribution in [3.8, 4) is 0 Å². The van der Waals surface area contributed by atoms with Crippen LogP contribution in [0.2, 0.25) is 5.02 Å². The Morgan fingerprint density at radius 3 is 2.71 bits per heavy atom. The molecule has 0 unspecified atom stereocenters. The molecule has 1 aromatic rings.